The van der Waals surface area contributed by atoms with Crippen molar-refractivity contribution in [1.82, 2.24) is 28.5 Å². The Balaban J connectivity index is 1.88. The molecular weight excluding hydrogens is 566 g/mol. The Kier molecular flexibility index (Phi) is 9.70. The highest BCUT2D eigenvalue weighted by Gasteiger charge is 2.28. The number of carbonyl (C=O) groups is 1. The topological polar surface area (TPSA) is 106 Å². The smallest absolute Gasteiger partial charge is 0.369 e. The number of aryl methyl sites for hydroxylation is 1. The van der Waals surface area contributed by atoms with Gasteiger partial charge < -0.3 is 4.74 Å². The third kappa shape index (κ3) is 6.35. The summed E-state index contributed by atoms with van der Waals surface area (Å²) in [7, 11) is 0. The molecule has 0 saturated carbocycles. The Morgan fingerprint density at radius 2 is 1.88 bits per heavy atom. The molecule has 0 fully saturated rings. The van der Waals surface area contributed by atoms with Gasteiger partial charge in [-0.2, -0.15) is 5.10 Å². The van der Waals surface area contributed by atoms with Gasteiger partial charge in [-0.05, 0) is 43.2 Å². The van der Waals surface area contributed by atoms with Crippen molar-refractivity contribution >= 4 is 28.2 Å². The van der Waals surface area contributed by atoms with Crippen LogP contribution in [0.1, 0.15) is 71.2 Å². The summed E-state index contributed by atoms with van der Waals surface area (Å²) >= 11 is 1.05. The zero-order valence-electron chi connectivity index (χ0n) is 24.5. The van der Waals surface area contributed by atoms with Crippen LogP contribution in [0.2, 0.25) is 0 Å². The summed E-state index contributed by atoms with van der Waals surface area (Å²) < 4.78 is 39.4. The maximum Gasteiger partial charge on any atom is 0.369 e. The first kappa shape index (κ1) is 31.2. The number of benzene rings is 1. The molecule has 0 aliphatic rings. The molecule has 0 saturated heterocycles. The van der Waals surface area contributed by atoms with E-state index in [4.69, 9.17) is 9.72 Å². The Labute approximate surface area is 246 Å². The van der Waals surface area contributed by atoms with Crippen molar-refractivity contribution in [2.45, 2.75) is 85.7 Å². The molecule has 0 radical (unpaired) electrons. The van der Waals surface area contributed by atoms with Crippen LogP contribution in [0.4, 0.5) is 13.6 Å². The number of imidazole rings is 1. The van der Waals surface area contributed by atoms with E-state index in [0.717, 1.165) is 25.1 Å². The van der Waals surface area contributed by atoms with E-state index < -0.39 is 28.7 Å². The number of thioether (sulfide) groups is 1. The lowest BCUT2D eigenvalue weighted by Gasteiger charge is -2.20. The van der Waals surface area contributed by atoms with E-state index in [2.05, 4.69) is 5.10 Å². The molecule has 13 heteroatoms. The second-order valence-electron chi connectivity index (χ2n) is 10.1. The Morgan fingerprint density at radius 3 is 2.52 bits per heavy atom. The lowest BCUT2D eigenvalue weighted by Crippen LogP contribution is -2.40. The predicted octanol–water partition coefficient (Wildman–Crippen LogP) is 6.00. The fraction of sp³-hybridized carbons (Fsp3) is 0.483. The minimum atomic E-state index is -2.97. The fourth-order valence-electron chi connectivity index (χ4n) is 4.79. The van der Waals surface area contributed by atoms with Crippen molar-refractivity contribution in [3.8, 4) is 11.4 Å². The van der Waals surface area contributed by atoms with Crippen molar-refractivity contribution in [3.05, 3.63) is 68.6 Å². The summed E-state index contributed by atoms with van der Waals surface area (Å²) in [6.45, 7) is 9.03. The Hall–Kier alpha value is -3.74. The van der Waals surface area contributed by atoms with Crippen LogP contribution in [0.3, 0.4) is 0 Å². The number of aromatic nitrogens is 6. The molecule has 0 bridgehead atoms. The molecule has 4 aromatic rings. The van der Waals surface area contributed by atoms with Gasteiger partial charge in [0.15, 0.2) is 17.4 Å². The standard InChI is InChI=1S/C29H36F2N6O4S/c1-6-13-36-26(38)23-25(35(9-4)27(36)39)33-24(37(23)22(8-3)41-28(40)42-14-7-2)20-16-32-34(18-20)17-19-11-10-12-21(15-19)29(5,30)31/h10-12,15-16,18,22H,6-9,13-14,17H2,1-5H3. The highest BCUT2D eigenvalue weighted by molar-refractivity contribution is 8.13. The van der Waals surface area contributed by atoms with Crippen LogP contribution in [-0.2, 0) is 30.3 Å². The molecule has 0 aliphatic carbocycles. The van der Waals surface area contributed by atoms with E-state index in [-0.39, 0.29) is 36.4 Å². The lowest BCUT2D eigenvalue weighted by atomic mass is 10.1. The molecule has 0 spiro atoms. The number of hydrogen-bond acceptors (Lipinski definition) is 7. The monoisotopic (exact) mass is 602 g/mol. The summed E-state index contributed by atoms with van der Waals surface area (Å²) in [5, 5.41) is 3.94. The van der Waals surface area contributed by atoms with Crippen molar-refractivity contribution < 1.29 is 18.3 Å². The van der Waals surface area contributed by atoms with Crippen molar-refractivity contribution in [1.29, 1.82) is 0 Å². The van der Waals surface area contributed by atoms with Crippen LogP contribution in [-0.4, -0.2) is 39.5 Å². The van der Waals surface area contributed by atoms with E-state index in [1.54, 1.807) is 40.7 Å². The molecule has 1 unspecified atom stereocenters. The normalized spacial score (nSPS) is 12.6. The maximum absolute atomic E-state index is 13.9. The van der Waals surface area contributed by atoms with Crippen molar-refractivity contribution in [2.75, 3.05) is 5.75 Å². The molecule has 1 atom stereocenters. The van der Waals surface area contributed by atoms with E-state index in [1.165, 1.54) is 21.3 Å². The van der Waals surface area contributed by atoms with Gasteiger partial charge in [0.1, 0.15) is 5.82 Å². The van der Waals surface area contributed by atoms with Crippen LogP contribution in [0.25, 0.3) is 22.6 Å². The predicted molar refractivity (Wildman–Crippen MR) is 159 cm³/mol. The average Bonchev–Trinajstić information content (AvgIpc) is 3.58. The Bertz CT molecular complexity index is 1680. The fourth-order valence-corrected chi connectivity index (χ4v) is 5.34. The molecular formula is C29H36F2N6O4S. The highest BCUT2D eigenvalue weighted by atomic mass is 32.2. The lowest BCUT2D eigenvalue weighted by molar-refractivity contribution is 0.0174. The average molecular weight is 603 g/mol. The summed E-state index contributed by atoms with van der Waals surface area (Å²) in [4.78, 5) is 44.4. The van der Waals surface area contributed by atoms with E-state index in [0.29, 0.717) is 35.5 Å². The van der Waals surface area contributed by atoms with E-state index >= 15 is 0 Å². The van der Waals surface area contributed by atoms with Crippen LogP contribution in [0.15, 0.2) is 46.2 Å². The number of ether oxygens (including phenoxy) is 1. The minimum Gasteiger partial charge on any atom is -0.433 e. The van der Waals surface area contributed by atoms with E-state index in [9.17, 15) is 23.2 Å². The van der Waals surface area contributed by atoms with Gasteiger partial charge in [-0.25, -0.2) is 23.4 Å². The van der Waals surface area contributed by atoms with Gasteiger partial charge in [0.05, 0.1) is 18.3 Å². The van der Waals surface area contributed by atoms with Gasteiger partial charge in [0, 0.05) is 43.9 Å². The highest BCUT2D eigenvalue weighted by Crippen LogP contribution is 2.31. The molecule has 4 rings (SSSR count). The van der Waals surface area contributed by atoms with Crippen LogP contribution in [0.5, 0.6) is 0 Å². The van der Waals surface area contributed by atoms with E-state index in [1.807, 2.05) is 20.8 Å². The number of alkyl halides is 2. The largest absolute Gasteiger partial charge is 0.433 e. The summed E-state index contributed by atoms with van der Waals surface area (Å²) in [5.74, 6) is -2.08. The van der Waals surface area contributed by atoms with Crippen LogP contribution >= 0.6 is 11.8 Å². The zero-order chi connectivity index (χ0) is 30.6. The Morgan fingerprint density at radius 1 is 1.12 bits per heavy atom. The number of rotatable bonds is 12. The second-order valence-corrected chi connectivity index (χ2v) is 11.1. The van der Waals surface area contributed by atoms with Crippen LogP contribution in [0, 0.1) is 0 Å². The molecule has 3 aromatic heterocycles. The van der Waals surface area contributed by atoms with Crippen LogP contribution < -0.4 is 11.2 Å². The quantitative estimate of drug-likeness (QED) is 0.183. The number of halogens is 2. The number of carbonyl (C=O) groups excluding carboxylic acids is 1. The molecule has 1 aromatic carbocycles. The second kappa shape index (κ2) is 13.1. The van der Waals surface area contributed by atoms with Gasteiger partial charge in [-0.3, -0.25) is 23.2 Å². The van der Waals surface area contributed by atoms with Gasteiger partial charge in [0.25, 0.3) is 11.5 Å². The molecule has 3 heterocycles. The summed E-state index contributed by atoms with van der Waals surface area (Å²) in [6.07, 6.45) is 4.06. The first-order chi connectivity index (χ1) is 20.0. The molecule has 226 valence electrons. The van der Waals surface area contributed by atoms with Crippen molar-refractivity contribution in [2.24, 2.45) is 0 Å². The maximum atomic E-state index is 13.9. The summed E-state index contributed by atoms with van der Waals surface area (Å²) in [5.41, 5.74) is 0.425. The first-order valence-electron chi connectivity index (χ1n) is 14.1. The van der Waals surface area contributed by atoms with Gasteiger partial charge in [0.2, 0.25) is 0 Å². The first-order valence-corrected chi connectivity index (χ1v) is 15.1. The molecule has 10 nitrogen and oxygen atoms in total. The zero-order valence-corrected chi connectivity index (χ0v) is 25.3. The van der Waals surface area contributed by atoms with Gasteiger partial charge >= 0.3 is 11.0 Å². The molecule has 0 aliphatic heterocycles. The summed E-state index contributed by atoms with van der Waals surface area (Å²) in [6, 6.07) is 6.13. The third-order valence-corrected chi connectivity index (χ3v) is 7.73. The number of hydrogen-bond donors (Lipinski definition) is 0. The van der Waals surface area contributed by atoms with Gasteiger partial charge in [-0.1, -0.05) is 39.0 Å². The number of fused-ring (bicyclic) bond motifs is 1. The number of nitrogens with zero attached hydrogens (tertiary/aromatic N) is 6. The molecule has 0 N–H and O–H groups in total. The van der Waals surface area contributed by atoms with Gasteiger partial charge in [-0.15, -0.1) is 0 Å². The minimum absolute atomic E-state index is 0.0939. The molecule has 42 heavy (non-hydrogen) atoms. The third-order valence-electron chi connectivity index (χ3n) is 6.78. The molecule has 0 amide bonds. The van der Waals surface area contributed by atoms with Crippen molar-refractivity contribution in [3.63, 3.8) is 0 Å². The SMILES string of the molecule is CCCSC(=O)OC(CC)n1c(-c2cnn(Cc3cccc(C(C)(F)F)c3)c2)nc2c1c(=O)n(CCC)c(=O)n2CC.